The summed E-state index contributed by atoms with van der Waals surface area (Å²) in [5.74, 6) is 0. The van der Waals surface area contributed by atoms with Gasteiger partial charge in [0, 0.05) is 18.0 Å². The zero-order valence-corrected chi connectivity index (χ0v) is 11.2. The van der Waals surface area contributed by atoms with Crippen LogP contribution in [0.2, 0.25) is 0 Å². The number of likely N-dealkylation sites (tertiary alicyclic amines) is 1. The number of unbranched alkanes of at least 4 members (excludes halogenated alkanes) is 2. The van der Waals surface area contributed by atoms with E-state index in [1.165, 1.54) is 51.6 Å². The molecule has 3 heteroatoms. The lowest BCUT2D eigenvalue weighted by atomic mass is 9.99. The van der Waals surface area contributed by atoms with Crippen LogP contribution in [-0.4, -0.2) is 41.1 Å². The molecule has 0 aromatic rings. The van der Waals surface area contributed by atoms with Crippen LogP contribution in [-0.2, 0) is 0 Å². The molecule has 1 aliphatic heterocycles. The minimum Gasteiger partial charge on any atom is -0.396 e. The zero-order chi connectivity index (χ0) is 10.9. The lowest BCUT2D eigenvalue weighted by Gasteiger charge is -2.35. The molecule has 1 unspecified atom stereocenters. The molecule has 0 spiro atoms. The number of hydrogen-bond acceptors (Lipinski definition) is 2. The standard InChI is InChI=1S/C12H24BrNO/c13-8-3-1-4-9-14-10-5-2-6-12(14)7-11-15/h12,15H,1-11H2. The number of piperidine rings is 1. The van der Waals surface area contributed by atoms with Crippen LogP contribution in [0.4, 0.5) is 0 Å². The lowest BCUT2D eigenvalue weighted by Crippen LogP contribution is -2.40. The Morgan fingerprint density at radius 2 is 2.07 bits per heavy atom. The number of aliphatic hydroxyl groups is 1. The van der Waals surface area contributed by atoms with Crippen LogP contribution in [0.5, 0.6) is 0 Å². The van der Waals surface area contributed by atoms with Gasteiger partial charge in [-0.15, -0.1) is 0 Å². The number of halogens is 1. The predicted octanol–water partition coefficient (Wildman–Crippen LogP) is 2.79. The highest BCUT2D eigenvalue weighted by molar-refractivity contribution is 9.09. The summed E-state index contributed by atoms with van der Waals surface area (Å²) in [6.45, 7) is 2.83. The molecule has 90 valence electrons. The predicted molar refractivity (Wildman–Crippen MR) is 68.6 cm³/mol. The molecule has 1 N–H and O–H groups in total. The molecule has 0 saturated carbocycles. The first-order valence-electron chi connectivity index (χ1n) is 6.29. The summed E-state index contributed by atoms with van der Waals surface area (Å²) in [5, 5.41) is 10.1. The van der Waals surface area contributed by atoms with E-state index in [0.29, 0.717) is 12.6 Å². The van der Waals surface area contributed by atoms with Gasteiger partial charge in [0.05, 0.1) is 0 Å². The topological polar surface area (TPSA) is 23.5 Å². The highest BCUT2D eigenvalue weighted by Crippen LogP contribution is 2.19. The van der Waals surface area contributed by atoms with Gasteiger partial charge < -0.3 is 10.0 Å². The maximum atomic E-state index is 9.01. The molecule has 1 fully saturated rings. The highest BCUT2D eigenvalue weighted by Gasteiger charge is 2.20. The van der Waals surface area contributed by atoms with Gasteiger partial charge in [0.15, 0.2) is 0 Å². The Balaban J connectivity index is 2.17. The third-order valence-corrected chi connectivity index (χ3v) is 3.85. The summed E-state index contributed by atoms with van der Waals surface area (Å²) in [6.07, 6.45) is 8.89. The molecule has 0 amide bonds. The third-order valence-electron chi connectivity index (χ3n) is 3.29. The molecule has 0 radical (unpaired) electrons. The van der Waals surface area contributed by atoms with Crippen molar-refractivity contribution in [1.82, 2.24) is 4.90 Å². The van der Waals surface area contributed by atoms with Crippen LogP contribution in [0.3, 0.4) is 0 Å². The van der Waals surface area contributed by atoms with Crippen LogP contribution < -0.4 is 0 Å². The monoisotopic (exact) mass is 277 g/mol. The van der Waals surface area contributed by atoms with Gasteiger partial charge in [-0.1, -0.05) is 28.8 Å². The Labute approximate surface area is 102 Å². The van der Waals surface area contributed by atoms with Crippen molar-refractivity contribution in [2.24, 2.45) is 0 Å². The Morgan fingerprint density at radius 3 is 2.80 bits per heavy atom. The number of nitrogens with zero attached hydrogens (tertiary/aromatic N) is 1. The van der Waals surface area contributed by atoms with Gasteiger partial charge in [0.1, 0.15) is 0 Å². The second-order valence-corrected chi connectivity index (χ2v) is 5.24. The van der Waals surface area contributed by atoms with E-state index in [1.807, 2.05) is 0 Å². The van der Waals surface area contributed by atoms with Crippen LogP contribution in [0, 0.1) is 0 Å². The lowest BCUT2D eigenvalue weighted by molar-refractivity contribution is 0.117. The molecule has 1 saturated heterocycles. The fourth-order valence-corrected chi connectivity index (χ4v) is 2.81. The van der Waals surface area contributed by atoms with Crippen molar-refractivity contribution < 1.29 is 5.11 Å². The molecule has 1 aliphatic rings. The molecule has 0 aromatic carbocycles. The van der Waals surface area contributed by atoms with Crippen molar-refractivity contribution in [3.63, 3.8) is 0 Å². The Kier molecular flexibility index (Phi) is 7.67. The average molecular weight is 278 g/mol. The Bertz CT molecular complexity index is 153. The fraction of sp³-hybridized carbons (Fsp3) is 1.00. The maximum Gasteiger partial charge on any atom is 0.0445 e. The van der Waals surface area contributed by atoms with Crippen LogP contribution in [0.15, 0.2) is 0 Å². The SMILES string of the molecule is OCCC1CCCCN1CCCCCBr. The Hall–Kier alpha value is 0.400. The summed E-state index contributed by atoms with van der Waals surface area (Å²) in [6, 6.07) is 0.660. The smallest absolute Gasteiger partial charge is 0.0445 e. The summed E-state index contributed by atoms with van der Waals surface area (Å²) < 4.78 is 0. The summed E-state index contributed by atoms with van der Waals surface area (Å²) in [4.78, 5) is 2.59. The Morgan fingerprint density at radius 1 is 1.20 bits per heavy atom. The molecule has 0 aliphatic carbocycles. The van der Waals surface area contributed by atoms with Crippen molar-refractivity contribution in [3.05, 3.63) is 0 Å². The minimum absolute atomic E-state index is 0.350. The van der Waals surface area contributed by atoms with E-state index in [4.69, 9.17) is 5.11 Å². The summed E-state index contributed by atoms with van der Waals surface area (Å²) in [7, 11) is 0. The second kappa shape index (κ2) is 8.54. The molecule has 1 atom stereocenters. The highest BCUT2D eigenvalue weighted by atomic mass is 79.9. The molecule has 0 bridgehead atoms. The number of hydrogen-bond donors (Lipinski definition) is 1. The largest absolute Gasteiger partial charge is 0.396 e. The van der Waals surface area contributed by atoms with E-state index in [0.717, 1.165) is 11.8 Å². The summed E-state index contributed by atoms with van der Waals surface area (Å²) >= 11 is 3.47. The molecule has 15 heavy (non-hydrogen) atoms. The molecule has 1 heterocycles. The molecule has 1 rings (SSSR count). The quantitative estimate of drug-likeness (QED) is 0.572. The van der Waals surface area contributed by atoms with E-state index in [-0.39, 0.29) is 0 Å². The van der Waals surface area contributed by atoms with Gasteiger partial charge in [-0.05, 0) is 45.2 Å². The van der Waals surface area contributed by atoms with Crippen LogP contribution >= 0.6 is 15.9 Å². The van der Waals surface area contributed by atoms with Crippen molar-refractivity contribution in [1.29, 1.82) is 0 Å². The van der Waals surface area contributed by atoms with E-state index in [2.05, 4.69) is 20.8 Å². The summed E-state index contributed by atoms with van der Waals surface area (Å²) in [5.41, 5.74) is 0. The van der Waals surface area contributed by atoms with Gasteiger partial charge in [0.2, 0.25) is 0 Å². The van der Waals surface area contributed by atoms with Gasteiger partial charge in [-0.25, -0.2) is 0 Å². The van der Waals surface area contributed by atoms with E-state index >= 15 is 0 Å². The van der Waals surface area contributed by atoms with Crippen molar-refractivity contribution in [3.8, 4) is 0 Å². The van der Waals surface area contributed by atoms with Gasteiger partial charge in [0.25, 0.3) is 0 Å². The second-order valence-electron chi connectivity index (χ2n) is 4.45. The zero-order valence-electron chi connectivity index (χ0n) is 9.63. The van der Waals surface area contributed by atoms with Gasteiger partial charge in [-0.2, -0.15) is 0 Å². The number of alkyl halides is 1. The van der Waals surface area contributed by atoms with Crippen LogP contribution in [0.25, 0.3) is 0 Å². The normalized spacial score (nSPS) is 23.2. The molecule has 2 nitrogen and oxygen atoms in total. The maximum absolute atomic E-state index is 9.01. The van der Waals surface area contributed by atoms with Crippen molar-refractivity contribution in [2.45, 2.75) is 51.0 Å². The first-order valence-corrected chi connectivity index (χ1v) is 7.41. The van der Waals surface area contributed by atoms with E-state index < -0.39 is 0 Å². The van der Waals surface area contributed by atoms with Crippen molar-refractivity contribution >= 4 is 15.9 Å². The van der Waals surface area contributed by atoms with Gasteiger partial charge in [-0.3, -0.25) is 0 Å². The van der Waals surface area contributed by atoms with E-state index in [1.54, 1.807) is 0 Å². The number of rotatable bonds is 7. The minimum atomic E-state index is 0.350. The number of aliphatic hydroxyl groups excluding tert-OH is 1. The molecular weight excluding hydrogens is 254 g/mol. The van der Waals surface area contributed by atoms with Crippen LogP contribution in [0.1, 0.15) is 44.9 Å². The third kappa shape index (κ3) is 5.32. The average Bonchev–Trinajstić information content (AvgIpc) is 2.27. The molecular formula is C12H24BrNO. The first-order chi connectivity index (χ1) is 7.38. The fourth-order valence-electron chi connectivity index (χ4n) is 2.42. The van der Waals surface area contributed by atoms with Crippen molar-refractivity contribution in [2.75, 3.05) is 25.0 Å². The molecule has 0 aromatic heterocycles. The van der Waals surface area contributed by atoms with Gasteiger partial charge >= 0.3 is 0 Å². The first kappa shape index (κ1) is 13.5. The van der Waals surface area contributed by atoms with E-state index in [9.17, 15) is 0 Å².